The zero-order valence-electron chi connectivity index (χ0n) is 15.8. The summed E-state index contributed by atoms with van der Waals surface area (Å²) < 4.78 is 16.5. The SMILES string of the molecule is CCCCOc1ccc(C(=O)OCC(=O)N2CCCCC2)cc1OCC. The van der Waals surface area contributed by atoms with Gasteiger partial charge in [0.05, 0.1) is 18.8 Å². The van der Waals surface area contributed by atoms with Crippen LogP contribution < -0.4 is 9.47 Å². The summed E-state index contributed by atoms with van der Waals surface area (Å²) in [5, 5.41) is 0. The molecule has 6 heteroatoms. The third-order valence-corrected chi connectivity index (χ3v) is 4.27. The Balaban J connectivity index is 1.94. The van der Waals surface area contributed by atoms with E-state index < -0.39 is 5.97 Å². The maximum absolute atomic E-state index is 12.3. The van der Waals surface area contributed by atoms with Crippen LogP contribution in [0.15, 0.2) is 18.2 Å². The molecule has 0 radical (unpaired) electrons. The number of amides is 1. The first-order valence-electron chi connectivity index (χ1n) is 9.50. The van der Waals surface area contributed by atoms with Crippen LogP contribution in [0, 0.1) is 0 Å². The molecule has 2 rings (SSSR count). The number of hydrogen-bond donors (Lipinski definition) is 0. The molecular weight excluding hydrogens is 334 g/mol. The van der Waals surface area contributed by atoms with Crippen LogP contribution >= 0.6 is 0 Å². The summed E-state index contributed by atoms with van der Waals surface area (Å²) >= 11 is 0. The van der Waals surface area contributed by atoms with Crippen molar-refractivity contribution in [2.45, 2.75) is 46.0 Å². The van der Waals surface area contributed by atoms with E-state index in [0.717, 1.165) is 45.2 Å². The van der Waals surface area contributed by atoms with Gasteiger partial charge in [0.1, 0.15) is 0 Å². The number of likely N-dealkylation sites (tertiary alicyclic amines) is 1. The average molecular weight is 363 g/mol. The second-order valence-electron chi connectivity index (χ2n) is 6.31. The first-order valence-corrected chi connectivity index (χ1v) is 9.50. The lowest BCUT2D eigenvalue weighted by atomic mass is 10.1. The zero-order chi connectivity index (χ0) is 18.8. The van der Waals surface area contributed by atoms with E-state index in [1.807, 2.05) is 6.92 Å². The highest BCUT2D eigenvalue weighted by molar-refractivity contribution is 5.92. The van der Waals surface area contributed by atoms with Gasteiger partial charge in [0.25, 0.3) is 5.91 Å². The highest BCUT2D eigenvalue weighted by Crippen LogP contribution is 2.29. The van der Waals surface area contributed by atoms with Crippen LogP contribution in [-0.4, -0.2) is 49.7 Å². The minimum Gasteiger partial charge on any atom is -0.490 e. The van der Waals surface area contributed by atoms with Crippen molar-refractivity contribution in [1.82, 2.24) is 4.90 Å². The molecule has 0 unspecified atom stereocenters. The molecule has 0 atom stereocenters. The van der Waals surface area contributed by atoms with E-state index in [4.69, 9.17) is 14.2 Å². The number of carbonyl (C=O) groups excluding carboxylic acids is 2. The Morgan fingerprint density at radius 1 is 1.04 bits per heavy atom. The first kappa shape index (κ1) is 20.1. The number of rotatable bonds is 9. The van der Waals surface area contributed by atoms with Gasteiger partial charge in [-0.15, -0.1) is 0 Å². The highest BCUT2D eigenvalue weighted by Gasteiger charge is 2.19. The van der Waals surface area contributed by atoms with Gasteiger partial charge in [-0.25, -0.2) is 4.79 Å². The topological polar surface area (TPSA) is 65.1 Å². The highest BCUT2D eigenvalue weighted by atomic mass is 16.5. The van der Waals surface area contributed by atoms with Crippen LogP contribution in [0.1, 0.15) is 56.3 Å². The fraction of sp³-hybridized carbons (Fsp3) is 0.600. The largest absolute Gasteiger partial charge is 0.490 e. The third-order valence-electron chi connectivity index (χ3n) is 4.27. The van der Waals surface area contributed by atoms with E-state index >= 15 is 0 Å². The first-order chi connectivity index (χ1) is 12.7. The summed E-state index contributed by atoms with van der Waals surface area (Å²) in [6.45, 7) is 6.30. The standard InChI is InChI=1S/C20H29NO5/c1-3-5-13-25-17-10-9-16(14-18(17)24-4-2)20(23)26-15-19(22)21-11-7-6-8-12-21/h9-10,14H,3-8,11-13,15H2,1-2H3. The predicted molar refractivity (Wildman–Crippen MR) is 98.7 cm³/mol. The summed E-state index contributed by atoms with van der Waals surface area (Å²) in [4.78, 5) is 26.1. The fourth-order valence-corrected chi connectivity index (χ4v) is 2.79. The van der Waals surface area contributed by atoms with Crippen molar-refractivity contribution >= 4 is 11.9 Å². The molecule has 0 aliphatic carbocycles. The number of hydrogen-bond acceptors (Lipinski definition) is 5. The summed E-state index contributed by atoms with van der Waals surface area (Å²) in [5.74, 6) is 0.459. The van der Waals surface area contributed by atoms with Crippen molar-refractivity contribution in [2.75, 3.05) is 32.9 Å². The van der Waals surface area contributed by atoms with Crippen LogP contribution in [0.5, 0.6) is 11.5 Å². The summed E-state index contributed by atoms with van der Waals surface area (Å²) in [5.41, 5.74) is 0.350. The van der Waals surface area contributed by atoms with Gasteiger partial charge in [0, 0.05) is 13.1 Å². The number of benzene rings is 1. The predicted octanol–water partition coefficient (Wildman–Crippen LogP) is 3.43. The minimum absolute atomic E-state index is 0.136. The van der Waals surface area contributed by atoms with Gasteiger partial charge >= 0.3 is 5.97 Å². The van der Waals surface area contributed by atoms with Gasteiger partial charge in [-0.1, -0.05) is 13.3 Å². The van der Waals surface area contributed by atoms with Gasteiger partial charge in [-0.3, -0.25) is 4.79 Å². The lowest BCUT2D eigenvalue weighted by Crippen LogP contribution is -2.38. The second kappa shape index (κ2) is 10.7. The monoisotopic (exact) mass is 363 g/mol. The number of ether oxygens (including phenoxy) is 3. The minimum atomic E-state index is -0.531. The Bertz CT molecular complexity index is 596. The quantitative estimate of drug-likeness (QED) is 0.497. The number of carbonyl (C=O) groups is 2. The molecule has 1 aliphatic heterocycles. The van der Waals surface area contributed by atoms with Crippen molar-refractivity contribution in [2.24, 2.45) is 0 Å². The van der Waals surface area contributed by atoms with Crippen molar-refractivity contribution in [3.63, 3.8) is 0 Å². The van der Waals surface area contributed by atoms with E-state index in [1.54, 1.807) is 23.1 Å². The van der Waals surface area contributed by atoms with Gasteiger partial charge in [-0.05, 0) is 50.8 Å². The van der Waals surface area contributed by atoms with Crippen molar-refractivity contribution < 1.29 is 23.8 Å². The smallest absolute Gasteiger partial charge is 0.338 e. The van der Waals surface area contributed by atoms with Crippen LogP contribution in [0.3, 0.4) is 0 Å². The Kier molecular flexibility index (Phi) is 8.25. The Morgan fingerprint density at radius 2 is 1.81 bits per heavy atom. The molecule has 0 N–H and O–H groups in total. The number of esters is 1. The molecule has 1 fully saturated rings. The molecule has 6 nitrogen and oxygen atoms in total. The lowest BCUT2D eigenvalue weighted by Gasteiger charge is -2.26. The van der Waals surface area contributed by atoms with Gasteiger partial charge < -0.3 is 19.1 Å². The number of nitrogens with zero attached hydrogens (tertiary/aromatic N) is 1. The van der Waals surface area contributed by atoms with E-state index in [2.05, 4.69) is 6.92 Å². The van der Waals surface area contributed by atoms with Gasteiger partial charge in [0.2, 0.25) is 0 Å². The van der Waals surface area contributed by atoms with Crippen LogP contribution in [0.4, 0.5) is 0 Å². The van der Waals surface area contributed by atoms with Crippen LogP contribution in [0.2, 0.25) is 0 Å². The number of unbranched alkanes of at least 4 members (excludes halogenated alkanes) is 1. The van der Waals surface area contributed by atoms with Crippen molar-refractivity contribution in [3.8, 4) is 11.5 Å². The average Bonchev–Trinajstić information content (AvgIpc) is 2.68. The summed E-state index contributed by atoms with van der Waals surface area (Å²) in [6, 6.07) is 4.96. The molecule has 1 saturated heterocycles. The van der Waals surface area contributed by atoms with E-state index in [1.165, 1.54) is 0 Å². The fourth-order valence-electron chi connectivity index (χ4n) is 2.79. The maximum atomic E-state index is 12.3. The molecule has 0 bridgehead atoms. The number of piperidine rings is 1. The molecular formula is C20H29NO5. The van der Waals surface area contributed by atoms with E-state index in [-0.39, 0.29) is 12.5 Å². The molecule has 0 spiro atoms. The Morgan fingerprint density at radius 3 is 2.50 bits per heavy atom. The Labute approximate surface area is 155 Å². The molecule has 1 aromatic carbocycles. The summed E-state index contributed by atoms with van der Waals surface area (Å²) in [6.07, 6.45) is 5.16. The summed E-state index contributed by atoms with van der Waals surface area (Å²) in [7, 11) is 0. The molecule has 1 aliphatic rings. The zero-order valence-corrected chi connectivity index (χ0v) is 15.8. The van der Waals surface area contributed by atoms with E-state index in [0.29, 0.717) is 30.3 Å². The van der Waals surface area contributed by atoms with Crippen molar-refractivity contribution in [3.05, 3.63) is 23.8 Å². The maximum Gasteiger partial charge on any atom is 0.338 e. The van der Waals surface area contributed by atoms with Gasteiger partial charge in [-0.2, -0.15) is 0 Å². The molecule has 1 heterocycles. The Hall–Kier alpha value is -2.24. The second-order valence-corrected chi connectivity index (χ2v) is 6.31. The van der Waals surface area contributed by atoms with Gasteiger partial charge in [0.15, 0.2) is 18.1 Å². The lowest BCUT2D eigenvalue weighted by molar-refractivity contribution is -0.135. The molecule has 144 valence electrons. The van der Waals surface area contributed by atoms with E-state index in [9.17, 15) is 9.59 Å². The molecule has 1 amide bonds. The van der Waals surface area contributed by atoms with Crippen LogP contribution in [-0.2, 0) is 9.53 Å². The molecule has 0 saturated carbocycles. The molecule has 1 aromatic rings. The van der Waals surface area contributed by atoms with Crippen molar-refractivity contribution in [1.29, 1.82) is 0 Å². The van der Waals surface area contributed by atoms with Crippen LogP contribution in [0.25, 0.3) is 0 Å². The molecule has 26 heavy (non-hydrogen) atoms. The molecule has 0 aromatic heterocycles. The third kappa shape index (κ3) is 5.93. The normalized spacial score (nSPS) is 14.0.